The van der Waals surface area contributed by atoms with Gasteiger partial charge in [-0.3, -0.25) is 4.79 Å². The smallest absolute Gasteiger partial charge is 0.258 e. The summed E-state index contributed by atoms with van der Waals surface area (Å²) in [4.78, 5) is 16.8. The van der Waals surface area contributed by atoms with Crippen molar-refractivity contribution in [1.82, 2.24) is 14.8 Å². The largest absolute Gasteiger partial charge is 0.322 e. The first-order valence-corrected chi connectivity index (χ1v) is 9.61. The molecule has 5 nitrogen and oxygen atoms in total. The molecule has 0 saturated carbocycles. The maximum Gasteiger partial charge on any atom is 0.258 e. The fraction of sp³-hybridized carbons (Fsp3) is 0.136. The summed E-state index contributed by atoms with van der Waals surface area (Å²) in [5, 5.41) is 7.89. The first-order chi connectivity index (χ1) is 14.3. The molecule has 2 aromatic carbocycles. The highest BCUT2D eigenvalue weighted by molar-refractivity contribution is 6.31. The summed E-state index contributed by atoms with van der Waals surface area (Å²) in [5.41, 5.74) is 1.74. The average Bonchev–Trinajstić information content (AvgIpc) is 3.14. The third kappa shape index (κ3) is 3.89. The second-order valence-electron chi connectivity index (χ2n) is 7.15. The minimum absolute atomic E-state index is 0.128. The van der Waals surface area contributed by atoms with E-state index in [9.17, 15) is 13.6 Å². The first kappa shape index (κ1) is 20.0. The molecule has 4 rings (SSSR count). The molecule has 0 saturated heterocycles. The Balaban J connectivity index is 1.67. The van der Waals surface area contributed by atoms with Crippen molar-refractivity contribution in [1.29, 1.82) is 0 Å². The van der Waals surface area contributed by atoms with Crippen LogP contribution in [0.25, 0.3) is 16.7 Å². The Bertz CT molecular complexity index is 1270. The van der Waals surface area contributed by atoms with E-state index in [1.165, 1.54) is 35.0 Å². The Morgan fingerprint density at radius 2 is 1.87 bits per heavy atom. The van der Waals surface area contributed by atoms with Crippen LogP contribution in [0.1, 0.15) is 35.7 Å². The van der Waals surface area contributed by atoms with E-state index in [0.717, 1.165) is 17.0 Å². The molecule has 0 aliphatic rings. The number of aromatic nitrogens is 3. The number of carbonyl (C=O) groups is 1. The highest BCUT2D eigenvalue weighted by Gasteiger charge is 2.15. The summed E-state index contributed by atoms with van der Waals surface area (Å²) in [7, 11) is 0. The van der Waals surface area contributed by atoms with Crippen molar-refractivity contribution in [2.24, 2.45) is 0 Å². The maximum absolute atomic E-state index is 14.5. The van der Waals surface area contributed by atoms with Crippen LogP contribution in [0.5, 0.6) is 0 Å². The van der Waals surface area contributed by atoms with Gasteiger partial charge in [-0.05, 0) is 53.9 Å². The molecule has 0 fully saturated rings. The van der Waals surface area contributed by atoms with Gasteiger partial charge in [0.25, 0.3) is 5.91 Å². The third-order valence-electron chi connectivity index (χ3n) is 4.67. The van der Waals surface area contributed by atoms with E-state index < -0.39 is 17.5 Å². The van der Waals surface area contributed by atoms with Crippen LogP contribution in [0, 0.1) is 11.6 Å². The topological polar surface area (TPSA) is 59.8 Å². The zero-order valence-corrected chi connectivity index (χ0v) is 16.9. The van der Waals surface area contributed by atoms with E-state index in [-0.39, 0.29) is 22.0 Å². The predicted octanol–water partition coefficient (Wildman–Crippen LogP) is 5.73. The molecule has 8 heteroatoms. The van der Waals surface area contributed by atoms with Gasteiger partial charge in [0.15, 0.2) is 5.65 Å². The minimum Gasteiger partial charge on any atom is -0.322 e. The van der Waals surface area contributed by atoms with Crippen LogP contribution < -0.4 is 5.32 Å². The number of benzene rings is 2. The lowest BCUT2D eigenvalue weighted by Crippen LogP contribution is -2.14. The summed E-state index contributed by atoms with van der Waals surface area (Å²) in [6, 6.07) is 9.67. The molecule has 2 heterocycles. The number of pyridine rings is 1. The molecule has 0 spiro atoms. The number of nitrogens with zero attached hydrogens (tertiary/aromatic N) is 3. The van der Waals surface area contributed by atoms with Gasteiger partial charge in [0, 0.05) is 28.5 Å². The van der Waals surface area contributed by atoms with E-state index in [0.29, 0.717) is 11.6 Å². The normalized spacial score (nSPS) is 11.3. The Morgan fingerprint density at radius 1 is 1.10 bits per heavy atom. The van der Waals surface area contributed by atoms with Crippen LogP contribution in [-0.4, -0.2) is 20.7 Å². The van der Waals surface area contributed by atoms with Crippen molar-refractivity contribution >= 4 is 34.2 Å². The summed E-state index contributed by atoms with van der Waals surface area (Å²) in [5.74, 6) is -1.63. The van der Waals surface area contributed by atoms with Crippen LogP contribution in [-0.2, 0) is 0 Å². The molecule has 0 bridgehead atoms. The second kappa shape index (κ2) is 7.84. The van der Waals surface area contributed by atoms with E-state index >= 15 is 0 Å². The number of nitrogens with one attached hydrogen (secondary N) is 1. The number of rotatable bonds is 4. The molecule has 2 aromatic heterocycles. The van der Waals surface area contributed by atoms with Crippen LogP contribution in [0.4, 0.5) is 14.5 Å². The van der Waals surface area contributed by atoms with Gasteiger partial charge in [0.2, 0.25) is 0 Å². The van der Waals surface area contributed by atoms with Crippen molar-refractivity contribution in [3.63, 3.8) is 0 Å². The van der Waals surface area contributed by atoms with Gasteiger partial charge in [-0.15, -0.1) is 5.10 Å². The average molecular weight is 427 g/mol. The number of hydrogen-bond donors (Lipinski definition) is 1. The van der Waals surface area contributed by atoms with Gasteiger partial charge >= 0.3 is 0 Å². The Morgan fingerprint density at radius 3 is 2.63 bits per heavy atom. The van der Waals surface area contributed by atoms with Crippen LogP contribution in [0.2, 0.25) is 5.02 Å². The predicted molar refractivity (Wildman–Crippen MR) is 112 cm³/mol. The molecular weight excluding hydrogens is 410 g/mol. The number of amides is 1. The number of hydrogen-bond acceptors (Lipinski definition) is 3. The Labute approximate surface area is 176 Å². The lowest BCUT2D eigenvalue weighted by atomic mass is 10.1. The van der Waals surface area contributed by atoms with Gasteiger partial charge in [-0.1, -0.05) is 25.4 Å². The molecular formula is C22H17ClF2N4O. The molecule has 152 valence electrons. The van der Waals surface area contributed by atoms with E-state index in [1.807, 2.05) is 6.07 Å². The number of anilines is 1. The summed E-state index contributed by atoms with van der Waals surface area (Å²) in [6.45, 7) is 4.11. The fourth-order valence-corrected chi connectivity index (χ4v) is 3.18. The molecule has 4 aromatic rings. The van der Waals surface area contributed by atoms with E-state index in [2.05, 4.69) is 29.2 Å². The quantitative estimate of drug-likeness (QED) is 0.453. The summed E-state index contributed by atoms with van der Waals surface area (Å²) >= 11 is 5.85. The van der Waals surface area contributed by atoms with Gasteiger partial charge in [0.05, 0.1) is 5.56 Å². The molecule has 0 aliphatic carbocycles. The molecule has 0 unspecified atom stereocenters. The molecule has 30 heavy (non-hydrogen) atoms. The van der Waals surface area contributed by atoms with Gasteiger partial charge < -0.3 is 5.32 Å². The van der Waals surface area contributed by atoms with Crippen LogP contribution in [0.3, 0.4) is 0 Å². The van der Waals surface area contributed by atoms with Crippen molar-refractivity contribution < 1.29 is 13.6 Å². The lowest BCUT2D eigenvalue weighted by Gasteiger charge is -2.09. The fourth-order valence-electron chi connectivity index (χ4n) is 3.01. The van der Waals surface area contributed by atoms with Crippen LogP contribution in [0.15, 0.2) is 54.9 Å². The molecule has 0 radical (unpaired) electrons. The molecule has 1 amide bonds. The van der Waals surface area contributed by atoms with Gasteiger partial charge in [-0.25, -0.2) is 18.4 Å². The second-order valence-corrected chi connectivity index (χ2v) is 7.59. The van der Waals surface area contributed by atoms with Crippen molar-refractivity contribution in [3.05, 3.63) is 82.6 Å². The maximum atomic E-state index is 14.5. The minimum atomic E-state index is -0.704. The summed E-state index contributed by atoms with van der Waals surface area (Å²) < 4.78 is 29.8. The molecule has 0 aliphatic heterocycles. The van der Waals surface area contributed by atoms with Crippen molar-refractivity contribution in [2.75, 3.05) is 5.32 Å². The van der Waals surface area contributed by atoms with E-state index in [1.54, 1.807) is 12.4 Å². The zero-order chi connectivity index (χ0) is 21.4. The third-order valence-corrected chi connectivity index (χ3v) is 4.91. The zero-order valence-electron chi connectivity index (χ0n) is 16.2. The number of halogens is 3. The highest BCUT2D eigenvalue weighted by atomic mass is 35.5. The molecule has 0 atom stereocenters. The Kier molecular flexibility index (Phi) is 5.22. The van der Waals surface area contributed by atoms with E-state index in [4.69, 9.17) is 11.6 Å². The standard InChI is InChI=1S/C22H17ClF2N4O/c1-12(2)13-7-14-11-29(28-21(14)26-10-13)20-9-16(4-6-19(20)25)27-22(30)17-8-15(23)3-5-18(17)24/h3-12H,1-2H3,(H,27,30). The van der Waals surface area contributed by atoms with Crippen LogP contribution >= 0.6 is 11.6 Å². The SMILES string of the molecule is CC(C)c1cnc2nn(-c3cc(NC(=O)c4cc(Cl)ccc4F)ccc3F)cc2c1. The number of fused-ring (bicyclic) bond motifs is 1. The van der Waals surface area contributed by atoms with Gasteiger partial charge in [0.1, 0.15) is 17.3 Å². The van der Waals surface area contributed by atoms with Gasteiger partial charge in [-0.2, -0.15) is 0 Å². The van der Waals surface area contributed by atoms with Crippen molar-refractivity contribution in [3.8, 4) is 5.69 Å². The highest BCUT2D eigenvalue weighted by Crippen LogP contribution is 2.24. The summed E-state index contributed by atoms with van der Waals surface area (Å²) in [6.07, 6.45) is 3.42. The Hall–Kier alpha value is -3.32. The molecule has 1 N–H and O–H groups in total. The first-order valence-electron chi connectivity index (χ1n) is 9.23. The lowest BCUT2D eigenvalue weighted by molar-refractivity contribution is 0.102. The number of carbonyl (C=O) groups excluding carboxylic acids is 1. The monoisotopic (exact) mass is 426 g/mol. The van der Waals surface area contributed by atoms with Crippen molar-refractivity contribution in [2.45, 2.75) is 19.8 Å².